The molecule has 4 aromatic carbocycles. The van der Waals surface area contributed by atoms with Crippen molar-refractivity contribution in [2.24, 2.45) is 0 Å². The molecule has 0 N–H and O–H groups in total. The maximum absolute atomic E-state index is 3.50. The smallest absolute Gasteiger partial charge is 0.172 e. The summed E-state index contributed by atoms with van der Waals surface area (Å²) in [6.07, 6.45) is 12.5. The minimum Gasteiger partial charge on any atom is -1.00 e. The molecule has 4 aromatic rings. The van der Waals surface area contributed by atoms with Crippen LogP contribution in [0.5, 0.6) is 0 Å². The number of rotatable bonds is 2. The van der Waals surface area contributed by atoms with Crippen molar-refractivity contribution in [2.45, 2.75) is 58.3 Å². The summed E-state index contributed by atoms with van der Waals surface area (Å²) in [6.45, 7) is 11.3. The standard InChI is InChI=1S/C23H21.C9H10.C5H5.2ClH.Zr/c1-22(2)7-5-14-10-18-16(12-20(14)22)9-17-13-21-15(11-19(17)18)6-8-23(21,3)4;1-2-6-9-7-4-3-5-8-9;1-2-4-5-3-1;;;/h5-7,10-13H,9H2,1-4H3;3-5,7-8H,2H2,1H3;1-5H;2*1H;/q-1;;-1;;;+2/p-2. The van der Waals surface area contributed by atoms with Crippen molar-refractivity contribution in [2.75, 3.05) is 0 Å². The van der Waals surface area contributed by atoms with Crippen LogP contribution in [0.3, 0.4) is 0 Å². The number of fused-ring (bicyclic) bond motifs is 5. The zero-order valence-corrected chi connectivity index (χ0v) is 28.0. The van der Waals surface area contributed by atoms with Gasteiger partial charge in [-0.1, -0.05) is 57.4 Å². The fraction of sp³-hybridized carbons (Fsp3) is 0.243. The van der Waals surface area contributed by atoms with E-state index in [4.69, 9.17) is 0 Å². The van der Waals surface area contributed by atoms with Gasteiger partial charge >= 0.3 is 76.7 Å². The number of allylic oxidation sites excluding steroid dienone is 2. The minimum atomic E-state index is 0. The van der Waals surface area contributed by atoms with E-state index in [-0.39, 0.29) is 35.6 Å². The predicted molar refractivity (Wildman–Crippen MR) is 160 cm³/mol. The molecule has 0 unspecified atom stereocenters. The number of halogens is 2. The van der Waals surface area contributed by atoms with Crippen molar-refractivity contribution in [3.63, 3.8) is 0 Å². The molecule has 0 radical (unpaired) electrons. The molecule has 7 rings (SSSR count). The second-order valence-corrected chi connectivity index (χ2v) is 13.0. The topological polar surface area (TPSA) is 0 Å². The summed E-state index contributed by atoms with van der Waals surface area (Å²) in [5, 5.41) is 0. The molecular weight excluding hydrogens is 607 g/mol. The molecular formula is C37H36Cl2Zr-2. The van der Waals surface area contributed by atoms with E-state index < -0.39 is 0 Å². The Hall–Kier alpha value is -2.18. The molecule has 0 nitrogen and oxygen atoms in total. The quantitative estimate of drug-likeness (QED) is 0.260. The average molecular weight is 643 g/mol. The molecule has 0 saturated carbocycles. The summed E-state index contributed by atoms with van der Waals surface area (Å²) in [7, 11) is 0. The summed E-state index contributed by atoms with van der Waals surface area (Å²) in [4.78, 5) is 0. The van der Waals surface area contributed by atoms with Gasteiger partial charge in [0, 0.05) is 5.41 Å². The molecule has 0 spiro atoms. The Morgan fingerprint density at radius 3 is 2.00 bits per heavy atom. The Labute approximate surface area is 268 Å². The molecule has 0 saturated heterocycles. The molecule has 0 amide bonds. The Kier molecular flexibility index (Phi) is 10.7. The van der Waals surface area contributed by atoms with Crippen LogP contribution in [0.1, 0.15) is 80.0 Å². The summed E-state index contributed by atoms with van der Waals surface area (Å²) >= 11 is 1.54. The van der Waals surface area contributed by atoms with Gasteiger partial charge in [0.1, 0.15) is 0 Å². The first-order valence-corrected chi connectivity index (χ1v) is 14.9. The zero-order valence-electron chi connectivity index (χ0n) is 24.0. The number of hydrogen-bond donors (Lipinski definition) is 0. The Morgan fingerprint density at radius 1 is 0.825 bits per heavy atom. The van der Waals surface area contributed by atoms with Gasteiger partial charge in [-0.3, -0.25) is 6.08 Å². The van der Waals surface area contributed by atoms with Gasteiger partial charge in [-0.15, -0.1) is 11.6 Å². The SMILES string of the molecule is CC1(C)[C-]=Cc2cc3c(cc21)Cc1cc2c(cc1-3)C=CC2(C)C.CC[C](=[Zr+2])c1ccccc1.[Cl-].[Cl-].c1cc[cH-]c1. The number of benzene rings is 3. The van der Waals surface area contributed by atoms with Gasteiger partial charge in [0.25, 0.3) is 0 Å². The Morgan fingerprint density at radius 2 is 1.43 bits per heavy atom. The maximum atomic E-state index is 3.50. The van der Waals surface area contributed by atoms with E-state index >= 15 is 0 Å². The molecule has 40 heavy (non-hydrogen) atoms. The van der Waals surface area contributed by atoms with E-state index in [2.05, 4.69) is 114 Å². The van der Waals surface area contributed by atoms with Gasteiger partial charge in [0.15, 0.2) is 0 Å². The molecule has 3 aliphatic carbocycles. The van der Waals surface area contributed by atoms with Gasteiger partial charge in [-0.25, -0.2) is 18.2 Å². The van der Waals surface area contributed by atoms with Gasteiger partial charge in [-0.2, -0.15) is 23.8 Å². The van der Waals surface area contributed by atoms with E-state index in [1.54, 1.807) is 3.21 Å². The molecule has 0 atom stereocenters. The van der Waals surface area contributed by atoms with Crippen LogP contribution in [0.25, 0.3) is 23.3 Å². The molecule has 0 aromatic heterocycles. The van der Waals surface area contributed by atoms with E-state index in [0.717, 1.165) is 6.42 Å². The summed E-state index contributed by atoms with van der Waals surface area (Å²) < 4.78 is 1.55. The first-order valence-electron chi connectivity index (χ1n) is 13.6. The van der Waals surface area contributed by atoms with Crippen LogP contribution in [0, 0.1) is 6.08 Å². The monoisotopic (exact) mass is 640 g/mol. The van der Waals surface area contributed by atoms with Gasteiger partial charge in [-0.05, 0) is 45.9 Å². The van der Waals surface area contributed by atoms with Crippen molar-refractivity contribution in [3.8, 4) is 11.1 Å². The third-order valence-electron chi connectivity index (χ3n) is 7.89. The van der Waals surface area contributed by atoms with Crippen LogP contribution in [0.2, 0.25) is 0 Å². The second-order valence-electron chi connectivity index (χ2n) is 11.5. The average Bonchev–Trinajstić information content (AvgIpc) is 3.71. The largest absolute Gasteiger partial charge is 1.00 e. The Bertz CT molecular complexity index is 1430. The molecule has 0 bridgehead atoms. The second kappa shape index (κ2) is 13.2. The molecule has 0 aliphatic heterocycles. The van der Waals surface area contributed by atoms with Gasteiger partial charge < -0.3 is 24.8 Å². The van der Waals surface area contributed by atoms with Crippen molar-refractivity contribution in [1.29, 1.82) is 0 Å². The third-order valence-corrected chi connectivity index (χ3v) is 9.47. The molecule has 204 valence electrons. The fourth-order valence-corrected chi connectivity index (χ4v) is 5.98. The predicted octanol–water partition coefficient (Wildman–Crippen LogP) is 3.25. The number of hydrogen-bond acceptors (Lipinski definition) is 0. The summed E-state index contributed by atoms with van der Waals surface area (Å²) in [5.74, 6) is 0. The maximum Gasteiger partial charge on any atom is -0.172 e. The van der Waals surface area contributed by atoms with Gasteiger partial charge in [0.05, 0.1) is 0 Å². The molecule has 3 aliphatic rings. The first kappa shape index (κ1) is 32.3. The van der Waals surface area contributed by atoms with E-state index in [9.17, 15) is 0 Å². The van der Waals surface area contributed by atoms with Crippen LogP contribution in [0.15, 0.2) is 91.0 Å². The Balaban J connectivity index is 0.000000217. The van der Waals surface area contributed by atoms with E-state index in [1.165, 1.54) is 80.7 Å². The van der Waals surface area contributed by atoms with Gasteiger partial charge in [0.2, 0.25) is 0 Å². The zero-order chi connectivity index (χ0) is 26.9. The molecule has 3 heteroatoms. The summed E-state index contributed by atoms with van der Waals surface area (Å²) in [6, 6.07) is 30.2. The van der Waals surface area contributed by atoms with Crippen molar-refractivity contribution in [3.05, 3.63) is 136 Å². The van der Waals surface area contributed by atoms with Crippen LogP contribution >= 0.6 is 0 Å². The van der Waals surface area contributed by atoms with Crippen molar-refractivity contribution >= 4 is 15.4 Å². The summed E-state index contributed by atoms with van der Waals surface area (Å²) in [5.41, 5.74) is 13.1. The van der Waals surface area contributed by atoms with Crippen LogP contribution in [-0.4, -0.2) is 3.21 Å². The molecule has 0 heterocycles. The van der Waals surface area contributed by atoms with E-state index in [0.29, 0.717) is 0 Å². The van der Waals surface area contributed by atoms with Crippen molar-refractivity contribution in [1.82, 2.24) is 0 Å². The normalized spacial score (nSPS) is 15.1. The van der Waals surface area contributed by atoms with Crippen LogP contribution in [0.4, 0.5) is 0 Å². The first-order chi connectivity index (χ1) is 18.2. The van der Waals surface area contributed by atoms with E-state index in [1.807, 2.05) is 30.3 Å². The minimum absolute atomic E-state index is 0. The van der Waals surface area contributed by atoms with Crippen LogP contribution < -0.4 is 24.8 Å². The third kappa shape index (κ3) is 6.65. The van der Waals surface area contributed by atoms with Crippen molar-refractivity contribution < 1.29 is 49.0 Å². The molecule has 0 fully saturated rings. The fourth-order valence-electron chi connectivity index (χ4n) is 5.57. The van der Waals surface area contributed by atoms with Crippen LogP contribution in [-0.2, 0) is 41.5 Å².